The summed E-state index contributed by atoms with van der Waals surface area (Å²) in [5.41, 5.74) is 0.896. The summed E-state index contributed by atoms with van der Waals surface area (Å²) in [6.07, 6.45) is 4.43. The van der Waals surface area contributed by atoms with Crippen LogP contribution in [0.1, 0.15) is 44.1 Å². The van der Waals surface area contributed by atoms with Gasteiger partial charge in [-0.3, -0.25) is 14.3 Å². The Hall–Kier alpha value is -4.05. The maximum atomic E-state index is 13.8. The van der Waals surface area contributed by atoms with Crippen molar-refractivity contribution < 1.29 is 22.7 Å². The first-order valence-corrected chi connectivity index (χ1v) is 13.6. The predicted octanol–water partition coefficient (Wildman–Crippen LogP) is 4.94. The fourth-order valence-corrected chi connectivity index (χ4v) is 5.58. The SMILES string of the molecule is CCCCc1nc(O)c(S(=O)(=O)c2ccc(-c3cncc(F)c3)cc2)c(=O)n1C(C)c1ccc(OC)cc1. The number of sulfone groups is 1. The van der Waals surface area contributed by atoms with E-state index in [0.717, 1.165) is 18.2 Å². The molecule has 1 atom stereocenters. The average molecular weight is 538 g/mol. The third-order valence-corrected chi connectivity index (χ3v) is 8.13. The lowest BCUT2D eigenvalue weighted by Crippen LogP contribution is -2.32. The van der Waals surface area contributed by atoms with Crippen LogP contribution in [0.4, 0.5) is 4.39 Å². The summed E-state index contributed by atoms with van der Waals surface area (Å²) in [4.78, 5) is 20.8. The standard InChI is InChI=1S/C28H28FN3O5S/c1-4-5-6-25-31-27(33)26(28(34)32(25)18(2)19-7-11-23(37-3)12-8-19)38(35,36)24-13-9-20(10-14-24)21-15-22(29)17-30-16-21/h7-18,33H,4-6H2,1-3H3. The van der Waals surface area contributed by atoms with E-state index in [-0.39, 0.29) is 4.90 Å². The lowest BCUT2D eigenvalue weighted by molar-refractivity contribution is 0.411. The van der Waals surface area contributed by atoms with Crippen LogP contribution in [0.5, 0.6) is 11.6 Å². The van der Waals surface area contributed by atoms with Gasteiger partial charge < -0.3 is 9.84 Å². The molecule has 0 spiro atoms. The number of unbranched alkanes of at least 4 members (excludes halogenated alkanes) is 1. The first-order chi connectivity index (χ1) is 18.2. The molecular weight excluding hydrogens is 509 g/mol. The summed E-state index contributed by atoms with van der Waals surface area (Å²) in [7, 11) is -2.90. The molecule has 38 heavy (non-hydrogen) atoms. The highest BCUT2D eigenvalue weighted by atomic mass is 32.2. The number of ether oxygens (including phenoxy) is 1. The molecule has 1 N–H and O–H groups in total. The minimum atomic E-state index is -4.45. The zero-order valence-electron chi connectivity index (χ0n) is 21.3. The van der Waals surface area contributed by atoms with Gasteiger partial charge >= 0.3 is 0 Å². The van der Waals surface area contributed by atoms with Crippen LogP contribution in [-0.4, -0.2) is 35.2 Å². The van der Waals surface area contributed by atoms with Crippen molar-refractivity contribution in [1.82, 2.24) is 14.5 Å². The minimum absolute atomic E-state index is 0.204. The zero-order valence-corrected chi connectivity index (χ0v) is 22.1. The highest BCUT2D eigenvalue weighted by Crippen LogP contribution is 2.29. The van der Waals surface area contributed by atoms with E-state index >= 15 is 0 Å². The van der Waals surface area contributed by atoms with Crippen molar-refractivity contribution in [2.75, 3.05) is 7.11 Å². The Morgan fingerprint density at radius 2 is 1.74 bits per heavy atom. The van der Waals surface area contributed by atoms with E-state index in [1.165, 1.54) is 41.1 Å². The van der Waals surface area contributed by atoms with Gasteiger partial charge in [-0.15, -0.1) is 0 Å². The Kier molecular flexibility index (Phi) is 7.91. The van der Waals surface area contributed by atoms with Crippen LogP contribution in [0.15, 0.2) is 81.6 Å². The average Bonchev–Trinajstić information content (AvgIpc) is 2.91. The molecule has 0 bridgehead atoms. The van der Waals surface area contributed by atoms with Crippen LogP contribution in [-0.2, 0) is 16.3 Å². The monoisotopic (exact) mass is 537 g/mol. The molecule has 0 aliphatic heterocycles. The normalized spacial score (nSPS) is 12.3. The Balaban J connectivity index is 1.82. The summed E-state index contributed by atoms with van der Waals surface area (Å²) >= 11 is 0. The van der Waals surface area contributed by atoms with E-state index < -0.39 is 38.0 Å². The van der Waals surface area contributed by atoms with Crippen molar-refractivity contribution >= 4 is 9.84 Å². The van der Waals surface area contributed by atoms with Crippen molar-refractivity contribution in [3.8, 4) is 22.8 Å². The molecule has 2 aromatic carbocycles. The van der Waals surface area contributed by atoms with Crippen LogP contribution in [0.2, 0.25) is 0 Å². The van der Waals surface area contributed by atoms with Gasteiger partial charge in [0.05, 0.1) is 24.2 Å². The quantitative estimate of drug-likeness (QED) is 0.322. The summed E-state index contributed by atoms with van der Waals surface area (Å²) in [5, 5.41) is 10.7. The summed E-state index contributed by atoms with van der Waals surface area (Å²) in [6.45, 7) is 3.76. The molecule has 0 aliphatic rings. The molecular formula is C28H28FN3O5S. The largest absolute Gasteiger partial charge is 0.497 e. The highest BCUT2D eigenvalue weighted by molar-refractivity contribution is 7.91. The van der Waals surface area contributed by atoms with Crippen molar-refractivity contribution in [2.24, 2.45) is 0 Å². The topological polar surface area (TPSA) is 111 Å². The smallest absolute Gasteiger partial charge is 0.277 e. The number of rotatable bonds is 9. The van der Waals surface area contributed by atoms with E-state index in [4.69, 9.17) is 4.74 Å². The summed E-state index contributed by atoms with van der Waals surface area (Å²) in [6, 6.07) is 13.4. The molecule has 10 heteroatoms. The van der Waals surface area contributed by atoms with E-state index in [0.29, 0.717) is 35.5 Å². The number of hydrogen-bond acceptors (Lipinski definition) is 7. The molecule has 198 valence electrons. The number of halogens is 1. The lowest BCUT2D eigenvalue weighted by Gasteiger charge is -2.21. The second-order valence-electron chi connectivity index (χ2n) is 8.83. The summed E-state index contributed by atoms with van der Waals surface area (Å²) in [5.74, 6) is -0.419. The van der Waals surface area contributed by atoms with Crippen LogP contribution < -0.4 is 10.3 Å². The number of aromatic nitrogens is 3. The van der Waals surface area contributed by atoms with Gasteiger partial charge in [-0.25, -0.2) is 12.8 Å². The van der Waals surface area contributed by atoms with Crippen molar-refractivity contribution in [3.63, 3.8) is 0 Å². The van der Waals surface area contributed by atoms with Crippen LogP contribution in [0.3, 0.4) is 0 Å². The van der Waals surface area contributed by atoms with Crippen LogP contribution in [0, 0.1) is 5.82 Å². The third kappa shape index (κ3) is 5.31. The van der Waals surface area contributed by atoms with Gasteiger partial charge in [-0.05, 0) is 54.8 Å². The van der Waals surface area contributed by atoms with E-state index in [9.17, 15) is 22.7 Å². The van der Waals surface area contributed by atoms with Gasteiger partial charge in [0.25, 0.3) is 5.56 Å². The molecule has 8 nitrogen and oxygen atoms in total. The van der Waals surface area contributed by atoms with Gasteiger partial charge in [0, 0.05) is 18.2 Å². The first kappa shape index (κ1) is 27.0. The number of aromatic hydroxyl groups is 1. The van der Waals surface area contributed by atoms with Gasteiger partial charge in [-0.1, -0.05) is 37.6 Å². The van der Waals surface area contributed by atoms with Gasteiger partial charge in [-0.2, -0.15) is 4.98 Å². The van der Waals surface area contributed by atoms with Gasteiger partial charge in [0.15, 0.2) is 4.90 Å². The molecule has 0 saturated carbocycles. The second kappa shape index (κ2) is 11.1. The molecule has 0 radical (unpaired) electrons. The second-order valence-corrected chi connectivity index (χ2v) is 10.7. The van der Waals surface area contributed by atoms with Crippen molar-refractivity contribution in [2.45, 2.75) is 48.9 Å². The fraction of sp³-hybridized carbons (Fsp3) is 0.250. The number of methoxy groups -OCH3 is 1. The van der Waals surface area contributed by atoms with Crippen molar-refractivity contribution in [3.05, 3.63) is 94.5 Å². The first-order valence-electron chi connectivity index (χ1n) is 12.1. The number of hydrogen-bond donors (Lipinski definition) is 1. The molecule has 0 amide bonds. The predicted molar refractivity (Wildman–Crippen MR) is 141 cm³/mol. The molecule has 2 aromatic heterocycles. The number of pyridine rings is 1. The molecule has 0 saturated heterocycles. The molecule has 0 aliphatic carbocycles. The number of nitrogens with zero attached hydrogens (tertiary/aromatic N) is 3. The Morgan fingerprint density at radius 3 is 2.34 bits per heavy atom. The maximum Gasteiger partial charge on any atom is 0.277 e. The van der Waals surface area contributed by atoms with Gasteiger partial charge in [0.1, 0.15) is 17.4 Å². The van der Waals surface area contributed by atoms with Crippen LogP contribution >= 0.6 is 0 Å². The minimum Gasteiger partial charge on any atom is -0.497 e. The van der Waals surface area contributed by atoms with Crippen LogP contribution in [0.25, 0.3) is 11.1 Å². The number of aryl methyl sites for hydroxylation is 1. The molecule has 4 aromatic rings. The number of benzene rings is 2. The Bertz CT molecular complexity index is 1600. The lowest BCUT2D eigenvalue weighted by atomic mass is 10.1. The highest BCUT2D eigenvalue weighted by Gasteiger charge is 2.31. The van der Waals surface area contributed by atoms with E-state index in [1.54, 1.807) is 38.3 Å². The Morgan fingerprint density at radius 1 is 1.05 bits per heavy atom. The van der Waals surface area contributed by atoms with E-state index in [2.05, 4.69) is 9.97 Å². The molecule has 2 heterocycles. The maximum absolute atomic E-state index is 13.8. The summed E-state index contributed by atoms with van der Waals surface area (Å²) < 4.78 is 47.3. The molecule has 4 rings (SSSR count). The fourth-order valence-electron chi connectivity index (χ4n) is 4.24. The Labute approximate surface area is 220 Å². The zero-order chi connectivity index (χ0) is 27.4. The molecule has 0 fully saturated rings. The van der Waals surface area contributed by atoms with E-state index in [1.807, 2.05) is 6.92 Å². The molecule has 1 unspecified atom stereocenters. The van der Waals surface area contributed by atoms with Gasteiger partial charge in [0.2, 0.25) is 15.7 Å². The van der Waals surface area contributed by atoms with Crippen molar-refractivity contribution in [1.29, 1.82) is 0 Å². The third-order valence-electron chi connectivity index (χ3n) is 6.34.